The molecule has 0 bridgehead atoms. The SMILES string of the molecule is Cc1c(C(=O)OC(C)(C)C)c2c(n1C)C(=O)C=C(Br)C2=O. The Morgan fingerprint density at radius 3 is 2.38 bits per heavy atom. The highest BCUT2D eigenvalue weighted by Gasteiger charge is 2.36. The minimum Gasteiger partial charge on any atom is -0.456 e. The molecule has 0 unspecified atom stereocenters. The van der Waals surface area contributed by atoms with Gasteiger partial charge in [0.25, 0.3) is 0 Å². The van der Waals surface area contributed by atoms with Gasteiger partial charge in [0.15, 0.2) is 0 Å². The number of ether oxygens (including phenoxy) is 1. The number of hydrogen-bond acceptors (Lipinski definition) is 4. The summed E-state index contributed by atoms with van der Waals surface area (Å²) in [6.07, 6.45) is 1.23. The van der Waals surface area contributed by atoms with Gasteiger partial charge in [-0.2, -0.15) is 0 Å². The van der Waals surface area contributed by atoms with Crippen LogP contribution in [0, 0.1) is 6.92 Å². The molecule has 0 aromatic carbocycles. The minimum atomic E-state index is -0.680. The molecule has 0 aliphatic heterocycles. The second-order valence-corrected chi connectivity index (χ2v) is 6.78. The van der Waals surface area contributed by atoms with Gasteiger partial charge < -0.3 is 9.30 Å². The Morgan fingerprint density at radius 2 is 1.86 bits per heavy atom. The van der Waals surface area contributed by atoms with Crippen LogP contribution in [0.4, 0.5) is 0 Å². The Hall–Kier alpha value is -1.69. The number of ketones is 2. The molecule has 1 heterocycles. The number of halogens is 1. The van der Waals surface area contributed by atoms with Gasteiger partial charge in [0.1, 0.15) is 11.3 Å². The van der Waals surface area contributed by atoms with E-state index in [0.717, 1.165) is 0 Å². The zero-order chi connectivity index (χ0) is 16.1. The highest BCUT2D eigenvalue weighted by Crippen LogP contribution is 2.32. The molecule has 2 rings (SSSR count). The monoisotopic (exact) mass is 353 g/mol. The molecule has 0 spiro atoms. The maximum atomic E-state index is 12.4. The van der Waals surface area contributed by atoms with Crippen LogP contribution < -0.4 is 0 Å². The molecular formula is C15H16BrNO4. The Morgan fingerprint density at radius 1 is 1.29 bits per heavy atom. The zero-order valence-corrected chi connectivity index (χ0v) is 14.1. The Kier molecular flexibility index (Phi) is 3.70. The molecule has 1 aliphatic carbocycles. The summed E-state index contributed by atoms with van der Waals surface area (Å²) in [5.74, 6) is -1.29. The van der Waals surface area contributed by atoms with Crippen molar-refractivity contribution in [2.75, 3.05) is 0 Å². The van der Waals surface area contributed by atoms with Gasteiger partial charge in [-0.1, -0.05) is 0 Å². The van der Waals surface area contributed by atoms with Crippen molar-refractivity contribution in [2.45, 2.75) is 33.3 Å². The number of carbonyl (C=O) groups is 3. The van der Waals surface area contributed by atoms with Gasteiger partial charge in [0.2, 0.25) is 11.6 Å². The van der Waals surface area contributed by atoms with Crippen molar-refractivity contribution in [2.24, 2.45) is 7.05 Å². The fourth-order valence-electron chi connectivity index (χ4n) is 2.26. The number of nitrogens with zero attached hydrogens (tertiary/aromatic N) is 1. The molecule has 1 aromatic heterocycles. The number of allylic oxidation sites excluding steroid dienone is 2. The molecule has 0 saturated heterocycles. The van der Waals surface area contributed by atoms with Crippen molar-refractivity contribution >= 4 is 33.5 Å². The van der Waals surface area contributed by atoms with E-state index in [0.29, 0.717) is 5.69 Å². The lowest BCUT2D eigenvalue weighted by atomic mass is 9.97. The molecule has 5 nitrogen and oxygen atoms in total. The first-order valence-corrected chi connectivity index (χ1v) is 7.22. The number of hydrogen-bond donors (Lipinski definition) is 0. The third kappa shape index (κ3) is 2.60. The van der Waals surface area contributed by atoms with Crippen LogP contribution in [-0.4, -0.2) is 27.7 Å². The first-order chi connectivity index (χ1) is 9.54. The number of Topliss-reactive ketones (excluding diaryl/α,β-unsaturated/α-hetero) is 1. The fourth-order valence-corrected chi connectivity index (χ4v) is 2.67. The molecule has 0 N–H and O–H groups in total. The Balaban J connectivity index is 2.66. The van der Waals surface area contributed by atoms with Crippen LogP contribution >= 0.6 is 15.9 Å². The molecule has 0 atom stereocenters. The summed E-state index contributed by atoms with van der Waals surface area (Å²) in [6, 6.07) is 0. The van der Waals surface area contributed by atoms with E-state index in [2.05, 4.69) is 15.9 Å². The molecule has 0 saturated carbocycles. The summed E-state index contributed by atoms with van der Waals surface area (Å²) in [5.41, 5.74) is 0.351. The van der Waals surface area contributed by atoms with Gasteiger partial charge in [-0.3, -0.25) is 9.59 Å². The molecule has 112 valence electrons. The smallest absolute Gasteiger partial charge is 0.341 e. The van der Waals surface area contributed by atoms with E-state index in [1.54, 1.807) is 39.3 Å². The van der Waals surface area contributed by atoms with E-state index in [-0.39, 0.29) is 32.9 Å². The second-order valence-electron chi connectivity index (χ2n) is 5.93. The van der Waals surface area contributed by atoms with E-state index in [1.165, 1.54) is 6.08 Å². The third-order valence-electron chi connectivity index (χ3n) is 3.23. The van der Waals surface area contributed by atoms with Gasteiger partial charge in [0.05, 0.1) is 15.6 Å². The normalized spacial score (nSPS) is 14.9. The van der Waals surface area contributed by atoms with Gasteiger partial charge in [-0.25, -0.2) is 4.79 Å². The van der Waals surface area contributed by atoms with Crippen molar-refractivity contribution in [1.82, 2.24) is 4.57 Å². The summed E-state index contributed by atoms with van der Waals surface area (Å²) >= 11 is 3.07. The fraction of sp³-hybridized carbons (Fsp3) is 0.400. The first-order valence-electron chi connectivity index (χ1n) is 6.43. The topological polar surface area (TPSA) is 65.4 Å². The quantitative estimate of drug-likeness (QED) is 0.728. The standard InChI is InChI=1S/C15H16BrNO4/c1-7-10(14(20)21-15(2,3)4)11-12(17(7)5)9(18)6-8(16)13(11)19/h6H,1-5H3. The van der Waals surface area contributed by atoms with E-state index in [9.17, 15) is 14.4 Å². The predicted octanol–water partition coefficient (Wildman–Crippen LogP) is 2.95. The summed E-state index contributed by atoms with van der Waals surface area (Å²) in [7, 11) is 1.65. The van der Waals surface area contributed by atoms with Crippen molar-refractivity contribution in [3.63, 3.8) is 0 Å². The van der Waals surface area contributed by atoms with E-state index in [1.807, 2.05) is 0 Å². The van der Waals surface area contributed by atoms with Crippen molar-refractivity contribution < 1.29 is 19.1 Å². The predicted molar refractivity (Wildman–Crippen MR) is 81.0 cm³/mol. The van der Waals surface area contributed by atoms with Crippen LogP contribution in [0.2, 0.25) is 0 Å². The summed E-state index contributed by atoms with van der Waals surface area (Å²) in [5, 5.41) is 0. The minimum absolute atomic E-state index is 0.114. The van der Waals surface area contributed by atoms with Crippen LogP contribution in [0.1, 0.15) is 57.7 Å². The maximum Gasteiger partial charge on any atom is 0.341 e. The largest absolute Gasteiger partial charge is 0.456 e. The number of esters is 1. The van der Waals surface area contributed by atoms with Gasteiger partial charge in [-0.15, -0.1) is 0 Å². The maximum absolute atomic E-state index is 12.4. The lowest BCUT2D eigenvalue weighted by Crippen LogP contribution is -2.26. The second kappa shape index (κ2) is 4.94. The molecule has 1 aliphatic rings. The number of rotatable bonds is 1. The highest BCUT2D eigenvalue weighted by atomic mass is 79.9. The van der Waals surface area contributed by atoms with E-state index >= 15 is 0 Å². The molecule has 0 radical (unpaired) electrons. The van der Waals surface area contributed by atoms with Crippen LogP contribution in [-0.2, 0) is 11.8 Å². The third-order valence-corrected chi connectivity index (χ3v) is 3.81. The lowest BCUT2D eigenvalue weighted by Gasteiger charge is -2.20. The van der Waals surface area contributed by atoms with Gasteiger partial charge >= 0.3 is 5.97 Å². The van der Waals surface area contributed by atoms with Crippen molar-refractivity contribution in [3.8, 4) is 0 Å². The molecule has 21 heavy (non-hydrogen) atoms. The van der Waals surface area contributed by atoms with Crippen molar-refractivity contribution in [3.05, 3.63) is 33.1 Å². The lowest BCUT2D eigenvalue weighted by molar-refractivity contribution is 0.00671. The molecular weight excluding hydrogens is 338 g/mol. The highest BCUT2D eigenvalue weighted by molar-refractivity contribution is 9.12. The average molecular weight is 354 g/mol. The van der Waals surface area contributed by atoms with Gasteiger partial charge in [-0.05, 0) is 43.6 Å². The van der Waals surface area contributed by atoms with Crippen LogP contribution in [0.3, 0.4) is 0 Å². The molecule has 0 amide bonds. The Bertz CT molecular complexity index is 704. The van der Waals surface area contributed by atoms with Crippen molar-refractivity contribution in [1.29, 1.82) is 0 Å². The summed E-state index contributed by atoms with van der Waals surface area (Å²) in [4.78, 5) is 36.8. The first kappa shape index (κ1) is 15.7. The zero-order valence-electron chi connectivity index (χ0n) is 12.5. The number of carbonyl (C=O) groups excluding carboxylic acids is 3. The van der Waals surface area contributed by atoms with E-state index in [4.69, 9.17) is 4.74 Å². The van der Waals surface area contributed by atoms with Crippen LogP contribution in [0.15, 0.2) is 10.6 Å². The van der Waals surface area contributed by atoms with Crippen LogP contribution in [0.25, 0.3) is 0 Å². The Labute approximate surface area is 131 Å². The molecule has 6 heteroatoms. The summed E-state index contributed by atoms with van der Waals surface area (Å²) < 4.78 is 7.06. The number of fused-ring (bicyclic) bond motifs is 1. The number of aromatic nitrogens is 1. The summed E-state index contributed by atoms with van der Waals surface area (Å²) in [6.45, 7) is 6.93. The molecule has 1 aromatic rings. The van der Waals surface area contributed by atoms with Gasteiger partial charge in [0, 0.05) is 18.8 Å². The van der Waals surface area contributed by atoms with Crippen LogP contribution in [0.5, 0.6) is 0 Å². The van der Waals surface area contributed by atoms with E-state index < -0.39 is 11.6 Å². The molecule has 0 fully saturated rings. The average Bonchev–Trinajstić information content (AvgIpc) is 2.58.